The average molecular weight is 242 g/mol. The van der Waals surface area contributed by atoms with E-state index in [1.807, 2.05) is 24.3 Å². The first-order valence-corrected chi connectivity index (χ1v) is 5.63. The molecule has 1 aromatic heterocycles. The summed E-state index contributed by atoms with van der Waals surface area (Å²) in [6.07, 6.45) is 2.45. The Morgan fingerprint density at radius 2 is 2.22 bits per heavy atom. The van der Waals surface area contributed by atoms with Crippen molar-refractivity contribution in [3.63, 3.8) is 0 Å². The average Bonchev–Trinajstić information content (AvgIpc) is 2.39. The molecule has 0 aliphatic rings. The van der Waals surface area contributed by atoms with E-state index in [-0.39, 0.29) is 11.8 Å². The zero-order valence-electron chi connectivity index (χ0n) is 10.1. The molecule has 0 aliphatic carbocycles. The van der Waals surface area contributed by atoms with E-state index in [0.717, 1.165) is 6.42 Å². The van der Waals surface area contributed by atoms with Crippen molar-refractivity contribution >= 4 is 5.84 Å². The van der Waals surface area contributed by atoms with Crippen molar-refractivity contribution in [1.82, 2.24) is 9.97 Å². The van der Waals surface area contributed by atoms with Crippen LogP contribution in [-0.4, -0.2) is 15.8 Å². The van der Waals surface area contributed by atoms with Crippen LogP contribution in [0.1, 0.15) is 18.2 Å². The molecule has 2 aromatic rings. The molecule has 0 aliphatic heterocycles. The molecule has 0 unspecified atom stereocenters. The maximum atomic E-state index is 7.31. The molecular weight excluding hydrogens is 228 g/mol. The summed E-state index contributed by atoms with van der Waals surface area (Å²) in [5, 5.41) is 7.31. The first-order valence-electron chi connectivity index (χ1n) is 5.63. The Balaban J connectivity index is 2.22. The standard InChI is InChI=1S/C13H14N4O/c1-2-9-4-3-5-10(8-9)18-13-16-7-6-11(17-13)12(14)15/h3-8H,2H2,1H3,(H3,14,15). The van der Waals surface area contributed by atoms with E-state index in [1.54, 1.807) is 6.07 Å². The normalized spacial score (nSPS) is 10.1. The summed E-state index contributed by atoms with van der Waals surface area (Å²) in [6.45, 7) is 2.08. The van der Waals surface area contributed by atoms with Gasteiger partial charge in [0.2, 0.25) is 0 Å². The number of ether oxygens (including phenoxy) is 1. The lowest BCUT2D eigenvalue weighted by atomic mass is 10.2. The van der Waals surface area contributed by atoms with Gasteiger partial charge in [0.15, 0.2) is 0 Å². The van der Waals surface area contributed by atoms with Gasteiger partial charge in [-0.3, -0.25) is 5.41 Å². The van der Waals surface area contributed by atoms with Gasteiger partial charge in [0.1, 0.15) is 17.3 Å². The highest BCUT2D eigenvalue weighted by Gasteiger charge is 2.04. The number of nitrogens with zero attached hydrogens (tertiary/aromatic N) is 2. The van der Waals surface area contributed by atoms with Gasteiger partial charge in [0.05, 0.1) is 0 Å². The van der Waals surface area contributed by atoms with Gasteiger partial charge >= 0.3 is 6.01 Å². The molecule has 2 rings (SSSR count). The van der Waals surface area contributed by atoms with Gasteiger partial charge in [-0.15, -0.1) is 0 Å². The molecule has 1 aromatic carbocycles. The minimum Gasteiger partial charge on any atom is -0.424 e. The molecule has 3 N–H and O–H groups in total. The number of amidine groups is 1. The molecule has 0 fully saturated rings. The van der Waals surface area contributed by atoms with Crippen LogP contribution < -0.4 is 10.5 Å². The molecule has 0 spiro atoms. The Morgan fingerprint density at radius 3 is 2.94 bits per heavy atom. The largest absolute Gasteiger partial charge is 0.424 e. The Morgan fingerprint density at radius 1 is 1.39 bits per heavy atom. The lowest BCUT2D eigenvalue weighted by Gasteiger charge is -2.06. The summed E-state index contributed by atoms with van der Waals surface area (Å²) in [6, 6.07) is 9.48. The summed E-state index contributed by atoms with van der Waals surface area (Å²) < 4.78 is 5.54. The van der Waals surface area contributed by atoms with Gasteiger partial charge < -0.3 is 10.5 Å². The van der Waals surface area contributed by atoms with Crippen molar-refractivity contribution in [2.75, 3.05) is 0 Å². The Kier molecular flexibility index (Phi) is 3.52. The second-order valence-corrected chi connectivity index (χ2v) is 3.74. The molecule has 0 saturated heterocycles. The van der Waals surface area contributed by atoms with E-state index >= 15 is 0 Å². The monoisotopic (exact) mass is 242 g/mol. The molecule has 18 heavy (non-hydrogen) atoms. The van der Waals surface area contributed by atoms with Crippen LogP contribution in [0.15, 0.2) is 36.5 Å². The number of nitrogens with one attached hydrogen (secondary N) is 1. The highest BCUT2D eigenvalue weighted by Crippen LogP contribution is 2.19. The van der Waals surface area contributed by atoms with Crippen LogP contribution in [0.2, 0.25) is 0 Å². The predicted molar refractivity (Wildman–Crippen MR) is 68.9 cm³/mol. The van der Waals surface area contributed by atoms with E-state index in [9.17, 15) is 0 Å². The second kappa shape index (κ2) is 5.27. The Bertz CT molecular complexity index is 568. The summed E-state index contributed by atoms with van der Waals surface area (Å²) in [5.41, 5.74) is 6.89. The fraction of sp³-hybridized carbons (Fsp3) is 0.154. The zero-order valence-corrected chi connectivity index (χ0v) is 10.1. The van der Waals surface area contributed by atoms with Crippen LogP contribution in [0.4, 0.5) is 0 Å². The van der Waals surface area contributed by atoms with Gasteiger partial charge in [-0.1, -0.05) is 19.1 Å². The quantitative estimate of drug-likeness (QED) is 0.635. The molecule has 1 heterocycles. The van der Waals surface area contributed by atoms with Crippen molar-refractivity contribution in [1.29, 1.82) is 5.41 Å². The van der Waals surface area contributed by atoms with Gasteiger partial charge in [-0.05, 0) is 30.2 Å². The molecule has 0 radical (unpaired) electrons. The zero-order chi connectivity index (χ0) is 13.0. The fourth-order valence-corrected chi connectivity index (χ4v) is 1.47. The third-order valence-electron chi connectivity index (χ3n) is 2.43. The molecule has 0 atom stereocenters. The smallest absolute Gasteiger partial charge is 0.322 e. The highest BCUT2D eigenvalue weighted by molar-refractivity contribution is 5.92. The lowest BCUT2D eigenvalue weighted by Crippen LogP contribution is -2.13. The number of nitrogen functional groups attached to an aromatic ring is 1. The predicted octanol–water partition coefficient (Wildman–Crippen LogP) is 2.12. The number of aromatic nitrogens is 2. The maximum Gasteiger partial charge on any atom is 0.322 e. The van der Waals surface area contributed by atoms with Gasteiger partial charge in [-0.2, -0.15) is 4.98 Å². The number of benzene rings is 1. The minimum absolute atomic E-state index is 0.107. The first kappa shape index (κ1) is 12.0. The van der Waals surface area contributed by atoms with Crippen LogP contribution in [0.25, 0.3) is 0 Å². The Labute approximate surface area is 105 Å². The number of hydrogen-bond donors (Lipinski definition) is 2. The van der Waals surface area contributed by atoms with E-state index in [1.165, 1.54) is 11.8 Å². The lowest BCUT2D eigenvalue weighted by molar-refractivity contribution is 0.441. The van der Waals surface area contributed by atoms with Crippen LogP contribution in [0.3, 0.4) is 0 Å². The van der Waals surface area contributed by atoms with E-state index < -0.39 is 0 Å². The van der Waals surface area contributed by atoms with Crippen LogP contribution in [-0.2, 0) is 6.42 Å². The third-order valence-corrected chi connectivity index (χ3v) is 2.43. The van der Waals surface area contributed by atoms with Crippen LogP contribution >= 0.6 is 0 Å². The summed E-state index contributed by atoms with van der Waals surface area (Å²) in [5.74, 6) is 0.569. The second-order valence-electron chi connectivity index (χ2n) is 3.74. The van der Waals surface area contributed by atoms with Crippen molar-refractivity contribution in [3.05, 3.63) is 47.8 Å². The topological polar surface area (TPSA) is 84.9 Å². The number of nitrogens with two attached hydrogens (primary N) is 1. The minimum atomic E-state index is -0.107. The van der Waals surface area contributed by atoms with Crippen molar-refractivity contribution < 1.29 is 4.74 Å². The van der Waals surface area contributed by atoms with Gasteiger partial charge in [0, 0.05) is 6.20 Å². The maximum absolute atomic E-state index is 7.31. The van der Waals surface area contributed by atoms with Gasteiger partial charge in [0.25, 0.3) is 0 Å². The SMILES string of the molecule is CCc1cccc(Oc2nccc(C(=N)N)n2)c1. The van der Waals surface area contributed by atoms with Crippen LogP contribution in [0, 0.1) is 5.41 Å². The molecule has 0 bridgehead atoms. The summed E-state index contributed by atoms with van der Waals surface area (Å²) >= 11 is 0. The Hall–Kier alpha value is -2.43. The molecule has 0 saturated carbocycles. The van der Waals surface area contributed by atoms with E-state index in [0.29, 0.717) is 11.4 Å². The van der Waals surface area contributed by atoms with E-state index in [4.69, 9.17) is 15.9 Å². The molecule has 92 valence electrons. The summed E-state index contributed by atoms with van der Waals surface area (Å²) in [4.78, 5) is 8.03. The number of rotatable bonds is 4. The molecule has 0 amide bonds. The summed E-state index contributed by atoms with van der Waals surface area (Å²) in [7, 11) is 0. The van der Waals surface area contributed by atoms with Crippen molar-refractivity contribution in [3.8, 4) is 11.8 Å². The number of hydrogen-bond acceptors (Lipinski definition) is 4. The molecule has 5 heteroatoms. The first-order chi connectivity index (χ1) is 8.69. The third kappa shape index (κ3) is 2.82. The van der Waals surface area contributed by atoms with Crippen molar-refractivity contribution in [2.24, 2.45) is 5.73 Å². The number of aryl methyl sites for hydroxylation is 1. The van der Waals surface area contributed by atoms with Crippen molar-refractivity contribution in [2.45, 2.75) is 13.3 Å². The van der Waals surface area contributed by atoms with Gasteiger partial charge in [-0.25, -0.2) is 4.98 Å². The highest BCUT2D eigenvalue weighted by atomic mass is 16.5. The fourth-order valence-electron chi connectivity index (χ4n) is 1.47. The molecule has 5 nitrogen and oxygen atoms in total. The molecular formula is C13H14N4O. The van der Waals surface area contributed by atoms with E-state index in [2.05, 4.69) is 16.9 Å². The van der Waals surface area contributed by atoms with Crippen LogP contribution in [0.5, 0.6) is 11.8 Å².